The van der Waals surface area contributed by atoms with Crippen LogP contribution in [0, 0.1) is 5.41 Å². The van der Waals surface area contributed by atoms with E-state index in [-0.39, 0.29) is 0 Å². The number of aryl methyl sites for hydroxylation is 1. The quantitative estimate of drug-likeness (QED) is 0.800. The Labute approximate surface area is 109 Å². The Hall–Kier alpha value is -0.570. The fraction of sp³-hybridized carbons (Fsp3) is 0.846. The predicted octanol–water partition coefficient (Wildman–Crippen LogP) is 3.85. The molecule has 1 aromatic heterocycles. The Kier molecular flexibility index (Phi) is 4.08. The van der Waals surface area contributed by atoms with Crippen LogP contribution < -0.4 is 0 Å². The summed E-state index contributed by atoms with van der Waals surface area (Å²) in [5.41, 5.74) is 0.439. The number of rotatable bonds is 5. The summed E-state index contributed by atoms with van der Waals surface area (Å²) in [5, 5.41) is 8.78. The van der Waals surface area contributed by atoms with Crippen LogP contribution >= 0.6 is 11.6 Å². The fourth-order valence-electron chi connectivity index (χ4n) is 2.96. The van der Waals surface area contributed by atoms with Gasteiger partial charge in [0.05, 0.1) is 0 Å². The summed E-state index contributed by atoms with van der Waals surface area (Å²) in [7, 11) is 0. The molecule has 2 rings (SSSR count). The summed E-state index contributed by atoms with van der Waals surface area (Å²) >= 11 is 6.17. The second kappa shape index (κ2) is 5.38. The summed E-state index contributed by atoms with van der Waals surface area (Å²) in [6, 6.07) is 0. The molecule has 0 spiro atoms. The van der Waals surface area contributed by atoms with E-state index in [1.165, 1.54) is 32.1 Å². The molecule has 1 fully saturated rings. The molecule has 96 valence electrons. The number of hydrogen-bond acceptors (Lipinski definition) is 2. The average molecular weight is 256 g/mol. The molecule has 0 amide bonds. The van der Waals surface area contributed by atoms with Gasteiger partial charge < -0.3 is 4.57 Å². The fourth-order valence-corrected chi connectivity index (χ4v) is 3.16. The second-order valence-electron chi connectivity index (χ2n) is 5.28. The Balaban J connectivity index is 2.19. The first-order chi connectivity index (χ1) is 8.21. The van der Waals surface area contributed by atoms with Gasteiger partial charge in [-0.25, -0.2) is 0 Å². The van der Waals surface area contributed by atoms with Crippen LogP contribution in [0.4, 0.5) is 0 Å². The molecular formula is C13H22ClN3. The number of halogens is 1. The maximum Gasteiger partial charge on any atom is 0.225 e. The summed E-state index contributed by atoms with van der Waals surface area (Å²) < 4.78 is 2.14. The first-order valence-corrected chi connectivity index (χ1v) is 7.16. The van der Waals surface area contributed by atoms with E-state index in [9.17, 15) is 0 Å². The van der Waals surface area contributed by atoms with E-state index in [4.69, 9.17) is 11.6 Å². The topological polar surface area (TPSA) is 30.7 Å². The monoisotopic (exact) mass is 255 g/mol. The molecule has 1 aliphatic carbocycles. The molecule has 1 aromatic rings. The van der Waals surface area contributed by atoms with E-state index in [0.717, 1.165) is 25.2 Å². The Bertz CT molecular complexity index is 367. The summed E-state index contributed by atoms with van der Waals surface area (Å²) in [5.74, 6) is 1.05. The van der Waals surface area contributed by atoms with Crippen molar-refractivity contribution in [2.45, 2.75) is 65.3 Å². The molecule has 0 radical (unpaired) electrons. The van der Waals surface area contributed by atoms with Crippen LogP contribution in [0.25, 0.3) is 0 Å². The zero-order valence-electron chi connectivity index (χ0n) is 10.9. The highest BCUT2D eigenvalue weighted by Crippen LogP contribution is 2.42. The smallest absolute Gasteiger partial charge is 0.225 e. The molecule has 0 atom stereocenters. The Morgan fingerprint density at radius 3 is 2.53 bits per heavy atom. The van der Waals surface area contributed by atoms with Crippen molar-refractivity contribution in [3.8, 4) is 0 Å². The largest absolute Gasteiger partial charge is 0.301 e. The van der Waals surface area contributed by atoms with Crippen molar-refractivity contribution < 1.29 is 0 Å². The SMILES string of the molecule is CCCc1nnc(Cl)n1CC1(CC)CCCC1. The highest BCUT2D eigenvalue weighted by atomic mass is 35.5. The molecule has 1 saturated carbocycles. The van der Waals surface area contributed by atoms with Gasteiger partial charge in [0.2, 0.25) is 5.28 Å². The lowest BCUT2D eigenvalue weighted by atomic mass is 9.83. The minimum atomic E-state index is 0.439. The van der Waals surface area contributed by atoms with E-state index in [1.54, 1.807) is 0 Å². The molecule has 4 heteroatoms. The van der Waals surface area contributed by atoms with Crippen molar-refractivity contribution in [2.24, 2.45) is 5.41 Å². The predicted molar refractivity (Wildman–Crippen MR) is 70.2 cm³/mol. The third-order valence-corrected chi connectivity index (χ3v) is 4.44. The second-order valence-corrected chi connectivity index (χ2v) is 5.62. The highest BCUT2D eigenvalue weighted by Gasteiger charge is 2.33. The minimum absolute atomic E-state index is 0.439. The maximum atomic E-state index is 6.17. The lowest BCUT2D eigenvalue weighted by Gasteiger charge is -2.28. The van der Waals surface area contributed by atoms with Crippen LogP contribution in [-0.2, 0) is 13.0 Å². The number of aromatic nitrogens is 3. The average Bonchev–Trinajstić information content (AvgIpc) is 2.92. The molecule has 0 aliphatic heterocycles. The third-order valence-electron chi connectivity index (χ3n) is 4.16. The van der Waals surface area contributed by atoms with Gasteiger partial charge in [-0.15, -0.1) is 10.2 Å². The molecule has 17 heavy (non-hydrogen) atoms. The summed E-state index contributed by atoms with van der Waals surface area (Å²) in [6.07, 6.45) is 8.65. The van der Waals surface area contributed by atoms with Gasteiger partial charge in [-0.2, -0.15) is 0 Å². The van der Waals surface area contributed by atoms with Gasteiger partial charge in [0, 0.05) is 13.0 Å². The van der Waals surface area contributed by atoms with Gasteiger partial charge in [-0.3, -0.25) is 0 Å². The van der Waals surface area contributed by atoms with Gasteiger partial charge in [0.15, 0.2) is 0 Å². The van der Waals surface area contributed by atoms with E-state index in [0.29, 0.717) is 10.7 Å². The third kappa shape index (κ3) is 2.65. The van der Waals surface area contributed by atoms with Crippen molar-refractivity contribution in [3.05, 3.63) is 11.1 Å². The molecular weight excluding hydrogens is 234 g/mol. The molecule has 1 heterocycles. The maximum absolute atomic E-state index is 6.17. The number of hydrogen-bond donors (Lipinski definition) is 0. The zero-order valence-corrected chi connectivity index (χ0v) is 11.6. The lowest BCUT2D eigenvalue weighted by molar-refractivity contribution is 0.234. The van der Waals surface area contributed by atoms with Crippen LogP contribution in [0.3, 0.4) is 0 Å². The minimum Gasteiger partial charge on any atom is -0.301 e. The molecule has 0 saturated heterocycles. The lowest BCUT2D eigenvalue weighted by Crippen LogP contribution is -2.24. The van der Waals surface area contributed by atoms with Crippen LogP contribution in [0.2, 0.25) is 5.28 Å². The van der Waals surface area contributed by atoms with Crippen molar-refractivity contribution >= 4 is 11.6 Å². The van der Waals surface area contributed by atoms with Gasteiger partial charge in [0.25, 0.3) is 0 Å². The van der Waals surface area contributed by atoms with E-state index >= 15 is 0 Å². The van der Waals surface area contributed by atoms with E-state index in [2.05, 4.69) is 28.6 Å². The van der Waals surface area contributed by atoms with E-state index in [1.807, 2.05) is 0 Å². The van der Waals surface area contributed by atoms with Crippen molar-refractivity contribution in [1.82, 2.24) is 14.8 Å². The Morgan fingerprint density at radius 2 is 1.94 bits per heavy atom. The van der Waals surface area contributed by atoms with Crippen molar-refractivity contribution in [1.29, 1.82) is 0 Å². The van der Waals surface area contributed by atoms with Crippen LogP contribution in [0.5, 0.6) is 0 Å². The summed E-state index contributed by atoms with van der Waals surface area (Å²) in [6.45, 7) is 5.46. The standard InChI is InChI=1S/C13H22ClN3/c1-3-7-11-15-16-12(14)17(11)10-13(4-2)8-5-6-9-13/h3-10H2,1-2H3. The molecule has 3 nitrogen and oxygen atoms in total. The molecule has 1 aliphatic rings. The Morgan fingerprint density at radius 1 is 1.24 bits per heavy atom. The normalized spacial score (nSPS) is 18.8. The van der Waals surface area contributed by atoms with Gasteiger partial charge in [-0.1, -0.05) is 26.7 Å². The van der Waals surface area contributed by atoms with Crippen molar-refractivity contribution in [3.63, 3.8) is 0 Å². The summed E-state index contributed by atoms with van der Waals surface area (Å²) in [4.78, 5) is 0. The number of nitrogens with zero attached hydrogens (tertiary/aromatic N) is 3. The van der Waals surface area contributed by atoms with Crippen LogP contribution in [0.1, 0.15) is 58.2 Å². The van der Waals surface area contributed by atoms with Crippen LogP contribution in [0.15, 0.2) is 0 Å². The first kappa shape index (κ1) is 12.9. The van der Waals surface area contributed by atoms with Gasteiger partial charge in [-0.05, 0) is 42.7 Å². The zero-order chi connectivity index (χ0) is 12.3. The van der Waals surface area contributed by atoms with Crippen LogP contribution in [-0.4, -0.2) is 14.8 Å². The molecule has 0 N–H and O–H groups in total. The molecule has 0 aromatic carbocycles. The van der Waals surface area contributed by atoms with E-state index < -0.39 is 0 Å². The molecule has 0 bridgehead atoms. The van der Waals surface area contributed by atoms with Crippen molar-refractivity contribution in [2.75, 3.05) is 0 Å². The van der Waals surface area contributed by atoms with Gasteiger partial charge >= 0.3 is 0 Å². The highest BCUT2D eigenvalue weighted by molar-refractivity contribution is 6.28. The first-order valence-electron chi connectivity index (χ1n) is 6.78. The molecule has 0 unspecified atom stereocenters. The van der Waals surface area contributed by atoms with Gasteiger partial charge in [0.1, 0.15) is 5.82 Å².